The molecule has 280 valence electrons. The van der Waals surface area contributed by atoms with Crippen LogP contribution in [-0.2, 0) is 40.0 Å². The third-order valence-electron chi connectivity index (χ3n) is 7.45. The fourth-order valence-electron chi connectivity index (χ4n) is 4.75. The van der Waals surface area contributed by atoms with Crippen LogP contribution in [-0.4, -0.2) is 103 Å². The zero-order valence-electron chi connectivity index (χ0n) is 29.0. The highest BCUT2D eigenvalue weighted by atomic mass is 16.4. The number of benzene rings is 1. The van der Waals surface area contributed by atoms with Crippen molar-refractivity contribution in [3.05, 3.63) is 35.9 Å². The zero-order chi connectivity index (χ0) is 37.5. The van der Waals surface area contributed by atoms with Gasteiger partial charge in [-0.05, 0) is 63.1 Å². The van der Waals surface area contributed by atoms with Crippen molar-refractivity contribution in [3.63, 3.8) is 0 Å². The molecule has 17 heteroatoms. The van der Waals surface area contributed by atoms with E-state index in [4.69, 9.17) is 17.2 Å². The number of carboxylic acid groups (broad SMARTS) is 1. The summed E-state index contributed by atoms with van der Waals surface area (Å²) in [6.45, 7) is 3.09. The van der Waals surface area contributed by atoms with E-state index >= 15 is 0 Å². The number of carbonyl (C=O) groups excluding carboxylic acids is 6. The highest BCUT2D eigenvalue weighted by Crippen LogP contribution is 2.08. The topological polar surface area (TPSA) is 290 Å². The molecule has 1 aromatic carbocycles. The number of carboxylic acids is 1. The number of nitrogens with two attached hydrogens (primary N) is 3. The van der Waals surface area contributed by atoms with E-state index in [9.17, 15) is 38.7 Å². The van der Waals surface area contributed by atoms with E-state index in [-0.39, 0.29) is 25.2 Å². The van der Waals surface area contributed by atoms with Gasteiger partial charge in [0.1, 0.15) is 18.1 Å². The van der Waals surface area contributed by atoms with E-state index in [0.29, 0.717) is 45.2 Å². The molecule has 0 aliphatic rings. The first kappa shape index (κ1) is 43.4. The number of aliphatic carboxylic acids is 1. The molecule has 13 N–H and O–H groups in total. The maximum atomic E-state index is 13.5. The lowest BCUT2D eigenvalue weighted by Crippen LogP contribution is -2.56. The lowest BCUT2D eigenvalue weighted by molar-refractivity contribution is -0.142. The highest BCUT2D eigenvalue weighted by molar-refractivity contribution is 5.95. The molecule has 0 aliphatic carbocycles. The van der Waals surface area contributed by atoms with Crippen molar-refractivity contribution in [1.82, 2.24) is 31.9 Å². The molecule has 0 spiro atoms. The number of carbonyl (C=O) groups is 7. The van der Waals surface area contributed by atoms with Gasteiger partial charge < -0.3 is 54.2 Å². The monoisotopic (exact) mass is 705 g/mol. The Kier molecular flexibility index (Phi) is 21.3. The summed E-state index contributed by atoms with van der Waals surface area (Å²) < 4.78 is 0. The van der Waals surface area contributed by atoms with E-state index < -0.39 is 85.2 Å². The summed E-state index contributed by atoms with van der Waals surface area (Å²) in [4.78, 5) is 87.8. The summed E-state index contributed by atoms with van der Waals surface area (Å²) in [6, 6.07) is 4.76. The van der Waals surface area contributed by atoms with Crippen molar-refractivity contribution in [2.45, 2.75) is 89.4 Å². The number of nitrogens with one attached hydrogen (secondary N) is 6. The quantitative estimate of drug-likeness (QED) is 0.0485. The second-order valence-electron chi connectivity index (χ2n) is 12.3. The Labute approximate surface area is 293 Å². The molecule has 6 amide bonds. The van der Waals surface area contributed by atoms with E-state index in [1.165, 1.54) is 0 Å². The normalized spacial score (nSPS) is 13.2. The molecule has 4 atom stereocenters. The number of hydrogen-bond donors (Lipinski definition) is 10. The second-order valence-corrected chi connectivity index (χ2v) is 12.3. The van der Waals surface area contributed by atoms with Crippen LogP contribution in [0.2, 0.25) is 0 Å². The second kappa shape index (κ2) is 24.5. The molecule has 0 unspecified atom stereocenters. The van der Waals surface area contributed by atoms with Gasteiger partial charge in [0.2, 0.25) is 35.4 Å². The molecule has 0 fully saturated rings. The first-order valence-corrected chi connectivity index (χ1v) is 16.9. The molecule has 0 saturated carbocycles. The summed E-state index contributed by atoms with van der Waals surface area (Å²) in [5, 5.41) is 24.2. The summed E-state index contributed by atoms with van der Waals surface area (Å²) >= 11 is 0. The molecule has 1 aromatic rings. The van der Waals surface area contributed by atoms with Crippen LogP contribution < -0.4 is 49.1 Å². The maximum Gasteiger partial charge on any atom is 0.326 e. The van der Waals surface area contributed by atoms with Gasteiger partial charge in [-0.3, -0.25) is 28.8 Å². The molecular weight excluding hydrogens is 650 g/mol. The minimum absolute atomic E-state index is 0.0537. The van der Waals surface area contributed by atoms with Gasteiger partial charge in [-0.15, -0.1) is 0 Å². The van der Waals surface area contributed by atoms with Crippen molar-refractivity contribution in [1.29, 1.82) is 0 Å². The molecule has 0 aromatic heterocycles. The van der Waals surface area contributed by atoms with Gasteiger partial charge in [0.15, 0.2) is 0 Å². The Balaban J connectivity index is 2.82. The Morgan fingerprint density at radius 1 is 0.640 bits per heavy atom. The van der Waals surface area contributed by atoms with Crippen LogP contribution in [0.15, 0.2) is 30.3 Å². The lowest BCUT2D eigenvalue weighted by Gasteiger charge is -2.24. The minimum Gasteiger partial charge on any atom is -0.480 e. The summed E-state index contributed by atoms with van der Waals surface area (Å²) in [5.41, 5.74) is 17.5. The van der Waals surface area contributed by atoms with Gasteiger partial charge in [0.05, 0.1) is 25.7 Å². The molecule has 0 saturated heterocycles. The maximum absolute atomic E-state index is 13.5. The standard InChI is InChI=1S/C33H55N9O8/c1-21(2)16-25(31(47)39-18-27(43)37-19-28(44)40-24(33(49)50)13-7-9-15-35)42-32(48)26(17-22-10-4-3-5-11-22)41-29(45)20-38-30(46)23(36)12-6-8-14-34/h3-5,10-11,21,23-26H,6-9,12-20,34-36H2,1-2H3,(H,37,43)(H,38,46)(H,39,47)(H,40,44)(H,41,45)(H,42,48)(H,49,50)/t23-,24-,25-,26-/m0/s1. The van der Waals surface area contributed by atoms with Crippen molar-refractivity contribution in [2.75, 3.05) is 32.7 Å². The van der Waals surface area contributed by atoms with Crippen LogP contribution in [0.3, 0.4) is 0 Å². The van der Waals surface area contributed by atoms with Crippen LogP contribution >= 0.6 is 0 Å². The van der Waals surface area contributed by atoms with E-state index in [2.05, 4.69) is 31.9 Å². The zero-order valence-corrected chi connectivity index (χ0v) is 29.0. The van der Waals surface area contributed by atoms with E-state index in [0.717, 1.165) is 5.56 Å². The van der Waals surface area contributed by atoms with Crippen LogP contribution in [0.5, 0.6) is 0 Å². The van der Waals surface area contributed by atoms with Crippen molar-refractivity contribution in [3.8, 4) is 0 Å². The summed E-state index contributed by atoms with van der Waals surface area (Å²) in [7, 11) is 0. The van der Waals surface area contributed by atoms with Crippen molar-refractivity contribution < 1.29 is 38.7 Å². The number of unbranched alkanes of at least 4 members (excludes halogenated alkanes) is 2. The Morgan fingerprint density at radius 3 is 1.76 bits per heavy atom. The van der Waals surface area contributed by atoms with Crippen LogP contribution in [0, 0.1) is 5.92 Å². The predicted molar refractivity (Wildman–Crippen MR) is 186 cm³/mol. The average Bonchev–Trinajstić information content (AvgIpc) is 3.07. The Bertz CT molecular complexity index is 1250. The Morgan fingerprint density at radius 2 is 1.18 bits per heavy atom. The van der Waals surface area contributed by atoms with Crippen LogP contribution in [0.1, 0.15) is 64.4 Å². The molecule has 1 rings (SSSR count). The Hall–Kier alpha value is -4.61. The third kappa shape index (κ3) is 18.8. The van der Waals surface area contributed by atoms with Gasteiger partial charge >= 0.3 is 5.97 Å². The molecular formula is C33H55N9O8. The van der Waals surface area contributed by atoms with Gasteiger partial charge in [0.25, 0.3) is 0 Å². The lowest BCUT2D eigenvalue weighted by atomic mass is 10.0. The van der Waals surface area contributed by atoms with E-state index in [1.807, 2.05) is 13.8 Å². The van der Waals surface area contributed by atoms with Gasteiger partial charge in [-0.1, -0.05) is 50.6 Å². The van der Waals surface area contributed by atoms with Gasteiger partial charge in [-0.2, -0.15) is 0 Å². The molecule has 17 nitrogen and oxygen atoms in total. The van der Waals surface area contributed by atoms with E-state index in [1.54, 1.807) is 30.3 Å². The fraction of sp³-hybridized carbons (Fsp3) is 0.606. The third-order valence-corrected chi connectivity index (χ3v) is 7.45. The van der Waals surface area contributed by atoms with Crippen LogP contribution in [0.4, 0.5) is 0 Å². The fourth-order valence-corrected chi connectivity index (χ4v) is 4.75. The smallest absolute Gasteiger partial charge is 0.326 e. The summed E-state index contributed by atoms with van der Waals surface area (Å²) in [5.74, 6) is -5.17. The number of hydrogen-bond acceptors (Lipinski definition) is 10. The first-order valence-electron chi connectivity index (χ1n) is 16.9. The number of amides is 6. The van der Waals surface area contributed by atoms with Crippen LogP contribution in [0.25, 0.3) is 0 Å². The van der Waals surface area contributed by atoms with Crippen molar-refractivity contribution >= 4 is 41.4 Å². The van der Waals surface area contributed by atoms with Crippen molar-refractivity contribution in [2.24, 2.45) is 23.1 Å². The molecule has 0 heterocycles. The molecule has 0 radical (unpaired) electrons. The minimum atomic E-state index is -1.21. The molecule has 0 aliphatic heterocycles. The SMILES string of the molecule is CC(C)C[C@H](NC(=O)[C@H](Cc1ccccc1)NC(=O)CNC(=O)[C@@H](N)CCCCN)C(=O)NCC(=O)NCC(=O)N[C@@H](CCCCN)C(=O)O. The first-order chi connectivity index (χ1) is 23.8. The number of rotatable bonds is 25. The van der Waals surface area contributed by atoms with Gasteiger partial charge in [0, 0.05) is 6.42 Å². The molecule has 0 bridgehead atoms. The van der Waals surface area contributed by atoms with Gasteiger partial charge in [-0.25, -0.2) is 4.79 Å². The predicted octanol–water partition coefficient (Wildman–Crippen LogP) is -2.25. The highest BCUT2D eigenvalue weighted by Gasteiger charge is 2.28. The largest absolute Gasteiger partial charge is 0.480 e. The summed E-state index contributed by atoms with van der Waals surface area (Å²) in [6.07, 6.45) is 3.35. The molecule has 50 heavy (non-hydrogen) atoms. The average molecular weight is 706 g/mol.